The van der Waals surface area contributed by atoms with Gasteiger partial charge in [0.1, 0.15) is 0 Å². The van der Waals surface area contributed by atoms with Gasteiger partial charge in [0, 0.05) is 24.4 Å². The molecule has 0 spiro atoms. The van der Waals surface area contributed by atoms with Gasteiger partial charge in [0.2, 0.25) is 17.2 Å². The summed E-state index contributed by atoms with van der Waals surface area (Å²) in [6.45, 7) is 2.59. The fourth-order valence-electron chi connectivity index (χ4n) is 2.19. The molecule has 21 heavy (non-hydrogen) atoms. The second kappa shape index (κ2) is 6.41. The van der Waals surface area contributed by atoms with E-state index >= 15 is 0 Å². The molecule has 7 heteroatoms. The Morgan fingerprint density at radius 2 is 2.14 bits per heavy atom. The van der Waals surface area contributed by atoms with Crippen molar-refractivity contribution >= 4 is 23.5 Å². The Bertz CT molecular complexity index is 837. The fourth-order valence-corrected chi connectivity index (χ4v) is 2.39. The monoisotopic (exact) mass is 409 g/mol. The Morgan fingerprint density at radius 1 is 1.33 bits per heavy atom. The van der Waals surface area contributed by atoms with E-state index in [1.807, 2.05) is 31.2 Å². The number of tetrazole rings is 1. The molecule has 0 radical (unpaired) electrons. The van der Waals surface area contributed by atoms with Crippen LogP contribution in [0.25, 0.3) is 16.6 Å². The molecular weight excluding hydrogens is 397 g/mol. The summed E-state index contributed by atoms with van der Waals surface area (Å²) in [5.74, 6) is 2.68. The van der Waals surface area contributed by atoms with E-state index in [0.29, 0.717) is 11.7 Å². The van der Waals surface area contributed by atoms with Crippen molar-refractivity contribution in [2.24, 2.45) is 0 Å². The van der Waals surface area contributed by atoms with Gasteiger partial charge in [-0.25, -0.2) is 0 Å². The van der Waals surface area contributed by atoms with Gasteiger partial charge in [-0.2, -0.15) is 9.25 Å². The maximum absolute atomic E-state index is 5.44. The Balaban J connectivity index is 0.00000161. The van der Waals surface area contributed by atoms with Gasteiger partial charge in [-0.1, -0.05) is 0 Å². The molecule has 0 aliphatic rings. The molecule has 0 fully saturated rings. The highest BCUT2D eigenvalue weighted by Gasteiger charge is 2.13. The van der Waals surface area contributed by atoms with Gasteiger partial charge in [-0.15, -0.1) is 24.2 Å². The van der Waals surface area contributed by atoms with Gasteiger partial charge >= 0.3 is 0 Å². The van der Waals surface area contributed by atoms with Crippen LogP contribution in [0.1, 0.15) is 5.69 Å². The summed E-state index contributed by atoms with van der Waals surface area (Å²) in [4.78, 5) is 0. The summed E-state index contributed by atoms with van der Waals surface area (Å²) in [6, 6.07) is 10.1. The van der Waals surface area contributed by atoms with Crippen LogP contribution in [0.15, 0.2) is 35.5 Å². The highest BCUT2D eigenvalue weighted by atomic mass is 127. The van der Waals surface area contributed by atoms with E-state index in [1.54, 1.807) is 4.68 Å². The third-order valence-electron chi connectivity index (χ3n) is 3.18. The molecule has 0 saturated heterocycles. The van der Waals surface area contributed by atoms with Crippen LogP contribution in [0.2, 0.25) is 0 Å². The number of rotatable bonds is 2. The molecule has 0 aliphatic heterocycles. The molecule has 2 heterocycles. The number of nitrogens with zero attached hydrogens (tertiary/aromatic N) is 5. The van der Waals surface area contributed by atoms with Gasteiger partial charge in [0.25, 0.3) is 0 Å². The second-order valence-electron chi connectivity index (χ2n) is 4.40. The molecule has 106 valence electrons. The quantitative estimate of drug-likeness (QED) is 0.239. The summed E-state index contributed by atoms with van der Waals surface area (Å²) in [6.07, 6.45) is 5.44. The van der Waals surface area contributed by atoms with E-state index in [9.17, 15) is 0 Å². The number of hydrogen-bond donors (Lipinski definition) is 1. The van der Waals surface area contributed by atoms with Crippen molar-refractivity contribution in [1.29, 1.82) is 0 Å². The first-order valence-corrected chi connectivity index (χ1v) is 6.50. The summed E-state index contributed by atoms with van der Waals surface area (Å²) < 4.78 is 3.67. The SMILES string of the molecule is C#CC[n+]1c(C)ccc2cc(-n3nnnc3S)ccc21.[I-]. The number of halogens is 1. The van der Waals surface area contributed by atoms with Crippen LogP contribution < -0.4 is 28.5 Å². The lowest BCUT2D eigenvalue weighted by molar-refractivity contribution is -0.664. The molecule has 0 bridgehead atoms. The lowest BCUT2D eigenvalue weighted by Gasteiger charge is -2.05. The molecule has 3 rings (SSSR count). The molecule has 0 N–H and O–H groups in total. The number of terminal acetylenes is 1. The number of hydrogen-bond acceptors (Lipinski definition) is 4. The zero-order valence-electron chi connectivity index (χ0n) is 11.2. The first-order chi connectivity index (χ1) is 9.70. The van der Waals surface area contributed by atoms with Crippen molar-refractivity contribution in [3.05, 3.63) is 36.0 Å². The molecule has 0 saturated carbocycles. The smallest absolute Gasteiger partial charge is 0.213 e. The first kappa shape index (κ1) is 15.7. The lowest BCUT2D eigenvalue weighted by atomic mass is 10.1. The molecule has 3 aromatic rings. The summed E-state index contributed by atoms with van der Waals surface area (Å²) in [5, 5.41) is 12.8. The number of benzene rings is 1. The second-order valence-corrected chi connectivity index (χ2v) is 4.80. The molecule has 0 amide bonds. The van der Waals surface area contributed by atoms with Crippen LogP contribution in [-0.2, 0) is 6.54 Å². The van der Waals surface area contributed by atoms with Crippen LogP contribution in [0, 0.1) is 19.3 Å². The van der Waals surface area contributed by atoms with Crippen molar-refractivity contribution in [1.82, 2.24) is 20.2 Å². The highest BCUT2D eigenvalue weighted by molar-refractivity contribution is 7.80. The number of aromatic nitrogens is 5. The van der Waals surface area contributed by atoms with Crippen molar-refractivity contribution in [3.8, 4) is 18.0 Å². The van der Waals surface area contributed by atoms with Gasteiger partial charge in [-0.05, 0) is 34.5 Å². The molecule has 0 atom stereocenters. The molecule has 5 nitrogen and oxygen atoms in total. The molecule has 1 aromatic carbocycles. The van der Waals surface area contributed by atoms with E-state index in [0.717, 1.165) is 22.3 Å². The minimum Gasteiger partial charge on any atom is -1.00 e. The minimum atomic E-state index is 0. The van der Waals surface area contributed by atoms with Gasteiger partial charge in [0.05, 0.1) is 5.69 Å². The number of fused-ring (bicyclic) bond motifs is 1. The van der Waals surface area contributed by atoms with E-state index in [-0.39, 0.29) is 24.0 Å². The van der Waals surface area contributed by atoms with Crippen LogP contribution in [0.4, 0.5) is 0 Å². The Kier molecular flexibility index (Phi) is 4.80. The Labute approximate surface area is 144 Å². The summed E-state index contributed by atoms with van der Waals surface area (Å²) in [5.41, 5.74) is 3.07. The Morgan fingerprint density at radius 3 is 2.81 bits per heavy atom. The topological polar surface area (TPSA) is 47.5 Å². The van der Waals surface area contributed by atoms with E-state index < -0.39 is 0 Å². The van der Waals surface area contributed by atoms with Gasteiger partial charge in [-0.3, -0.25) is 0 Å². The lowest BCUT2D eigenvalue weighted by Crippen LogP contribution is -3.00. The third kappa shape index (κ3) is 2.87. The van der Waals surface area contributed by atoms with Crippen molar-refractivity contribution < 1.29 is 28.5 Å². The zero-order valence-corrected chi connectivity index (χ0v) is 14.3. The average molecular weight is 409 g/mol. The van der Waals surface area contributed by atoms with E-state index in [4.69, 9.17) is 6.42 Å². The number of thiol groups is 1. The molecule has 0 aliphatic carbocycles. The maximum atomic E-state index is 5.44. The van der Waals surface area contributed by atoms with Crippen LogP contribution in [0.5, 0.6) is 0 Å². The normalized spacial score (nSPS) is 10.1. The first-order valence-electron chi connectivity index (χ1n) is 6.05. The largest absolute Gasteiger partial charge is 1.00 e. The molecular formula is C14H12IN5S. The van der Waals surface area contributed by atoms with Crippen LogP contribution in [0.3, 0.4) is 0 Å². The predicted molar refractivity (Wildman–Crippen MR) is 77.7 cm³/mol. The van der Waals surface area contributed by atoms with Crippen molar-refractivity contribution in [2.45, 2.75) is 18.6 Å². The highest BCUT2D eigenvalue weighted by Crippen LogP contribution is 2.17. The van der Waals surface area contributed by atoms with E-state index in [1.165, 1.54) is 0 Å². The molecule has 0 unspecified atom stereocenters. The average Bonchev–Trinajstić information content (AvgIpc) is 2.88. The van der Waals surface area contributed by atoms with Crippen LogP contribution in [-0.4, -0.2) is 20.2 Å². The van der Waals surface area contributed by atoms with Gasteiger partial charge < -0.3 is 24.0 Å². The standard InChI is InChI=1S/C14H11N5S.HI/c1-3-8-18-10(2)4-5-11-9-12(6-7-13(11)18)19-14(20)15-16-17-19;/h1,4-7,9H,8H2,2H3;1H. The van der Waals surface area contributed by atoms with Crippen LogP contribution >= 0.6 is 12.6 Å². The minimum absolute atomic E-state index is 0. The van der Waals surface area contributed by atoms with Crippen molar-refractivity contribution in [3.63, 3.8) is 0 Å². The van der Waals surface area contributed by atoms with Gasteiger partial charge in [0.15, 0.2) is 5.69 Å². The molecule has 2 aromatic heterocycles. The number of aryl methyl sites for hydroxylation is 1. The maximum Gasteiger partial charge on any atom is 0.213 e. The third-order valence-corrected chi connectivity index (χ3v) is 3.46. The summed E-state index contributed by atoms with van der Waals surface area (Å²) in [7, 11) is 0. The predicted octanol–water partition coefficient (Wildman–Crippen LogP) is -1.66. The van der Waals surface area contributed by atoms with E-state index in [2.05, 4.69) is 44.7 Å². The number of pyridine rings is 1. The fraction of sp³-hybridized carbons (Fsp3) is 0.143. The summed E-state index contributed by atoms with van der Waals surface area (Å²) >= 11 is 4.22. The van der Waals surface area contributed by atoms with Crippen molar-refractivity contribution in [2.75, 3.05) is 0 Å². The Hall–Kier alpha value is -1.66. The zero-order chi connectivity index (χ0) is 14.1.